The lowest BCUT2D eigenvalue weighted by atomic mass is 9.85. The molecule has 0 aliphatic heterocycles. The normalized spacial score (nSPS) is 9.82. The maximum Gasteiger partial charge on any atom is 0.100 e. The van der Waals surface area contributed by atoms with Crippen LogP contribution in [0.2, 0.25) is 0 Å². The van der Waals surface area contributed by atoms with Crippen molar-refractivity contribution < 1.29 is 0 Å². The Morgan fingerprint density at radius 3 is 1.73 bits per heavy atom. The standard InChI is InChI=1S/C18H12N4/c1-10(2)14-5-13(7-20)17-15(8-21)11(3)4-12(6-19)18(17)16(14)9-22/h4-5,10H,1-3H3. The van der Waals surface area contributed by atoms with Crippen LogP contribution in [0.1, 0.15) is 53.1 Å². The minimum Gasteiger partial charge on any atom is -0.192 e. The second kappa shape index (κ2) is 5.57. The van der Waals surface area contributed by atoms with E-state index in [4.69, 9.17) is 0 Å². The van der Waals surface area contributed by atoms with E-state index in [0.29, 0.717) is 38.6 Å². The van der Waals surface area contributed by atoms with Crippen molar-refractivity contribution in [2.24, 2.45) is 0 Å². The Kier molecular flexibility index (Phi) is 3.81. The Bertz CT molecular complexity index is 955. The number of nitriles is 4. The van der Waals surface area contributed by atoms with Crippen LogP contribution in [-0.4, -0.2) is 0 Å². The Morgan fingerprint density at radius 2 is 1.27 bits per heavy atom. The highest BCUT2D eigenvalue weighted by Crippen LogP contribution is 2.35. The van der Waals surface area contributed by atoms with Gasteiger partial charge in [-0.25, -0.2) is 0 Å². The lowest BCUT2D eigenvalue weighted by molar-refractivity contribution is 0.864. The van der Waals surface area contributed by atoms with Crippen LogP contribution in [0.15, 0.2) is 12.1 Å². The third kappa shape index (κ3) is 2.05. The minimum atomic E-state index is 0.0320. The molecule has 0 radical (unpaired) electrons. The average molecular weight is 284 g/mol. The third-order valence-corrected chi connectivity index (χ3v) is 3.72. The van der Waals surface area contributed by atoms with Crippen LogP contribution in [0, 0.1) is 52.2 Å². The summed E-state index contributed by atoms with van der Waals surface area (Å²) in [5.41, 5.74) is 2.71. The van der Waals surface area contributed by atoms with Gasteiger partial charge in [0.25, 0.3) is 0 Å². The highest BCUT2D eigenvalue weighted by molar-refractivity contribution is 6.01. The Hall–Kier alpha value is -3.34. The lowest BCUT2D eigenvalue weighted by Gasteiger charge is -2.15. The summed E-state index contributed by atoms with van der Waals surface area (Å²) in [6.45, 7) is 5.57. The predicted molar refractivity (Wildman–Crippen MR) is 81.6 cm³/mol. The molecule has 0 fully saturated rings. The molecule has 0 saturated heterocycles. The second-order valence-corrected chi connectivity index (χ2v) is 5.36. The number of hydrogen-bond donors (Lipinski definition) is 0. The highest BCUT2D eigenvalue weighted by Gasteiger charge is 2.21. The van der Waals surface area contributed by atoms with Crippen LogP contribution in [0.4, 0.5) is 0 Å². The number of hydrogen-bond acceptors (Lipinski definition) is 4. The number of rotatable bonds is 1. The molecule has 2 aromatic rings. The fraction of sp³-hybridized carbons (Fsp3) is 0.222. The first kappa shape index (κ1) is 15.1. The van der Waals surface area contributed by atoms with E-state index in [0.717, 1.165) is 5.56 Å². The summed E-state index contributed by atoms with van der Waals surface area (Å²) in [6.07, 6.45) is 0. The van der Waals surface area contributed by atoms with E-state index in [9.17, 15) is 21.0 Å². The van der Waals surface area contributed by atoms with Gasteiger partial charge in [0.2, 0.25) is 0 Å². The largest absolute Gasteiger partial charge is 0.192 e. The van der Waals surface area contributed by atoms with Gasteiger partial charge in [-0.2, -0.15) is 21.0 Å². The van der Waals surface area contributed by atoms with Crippen molar-refractivity contribution in [1.29, 1.82) is 21.0 Å². The monoisotopic (exact) mass is 284 g/mol. The smallest absolute Gasteiger partial charge is 0.100 e. The van der Waals surface area contributed by atoms with Crippen molar-refractivity contribution in [3.8, 4) is 24.3 Å². The Morgan fingerprint density at radius 1 is 0.773 bits per heavy atom. The molecule has 0 unspecified atom stereocenters. The van der Waals surface area contributed by atoms with Crippen molar-refractivity contribution in [3.05, 3.63) is 45.5 Å². The molecular weight excluding hydrogens is 272 g/mol. The first-order valence-electron chi connectivity index (χ1n) is 6.74. The number of nitrogens with zero attached hydrogens (tertiary/aromatic N) is 4. The summed E-state index contributed by atoms with van der Waals surface area (Å²) in [7, 11) is 0. The number of benzene rings is 2. The maximum absolute atomic E-state index is 9.56. The molecule has 4 nitrogen and oxygen atoms in total. The van der Waals surface area contributed by atoms with Gasteiger partial charge in [-0.15, -0.1) is 0 Å². The molecule has 2 rings (SSSR count). The van der Waals surface area contributed by atoms with Gasteiger partial charge in [-0.3, -0.25) is 0 Å². The molecule has 104 valence electrons. The average Bonchev–Trinajstić information content (AvgIpc) is 2.52. The molecule has 0 bridgehead atoms. The van der Waals surface area contributed by atoms with Crippen LogP contribution in [0.5, 0.6) is 0 Å². The van der Waals surface area contributed by atoms with Crippen molar-refractivity contribution in [2.75, 3.05) is 0 Å². The summed E-state index contributed by atoms with van der Waals surface area (Å²) >= 11 is 0. The van der Waals surface area contributed by atoms with E-state index in [-0.39, 0.29) is 5.92 Å². The zero-order chi connectivity index (χ0) is 16.4. The molecule has 22 heavy (non-hydrogen) atoms. The van der Waals surface area contributed by atoms with Gasteiger partial charge in [0.15, 0.2) is 0 Å². The first-order chi connectivity index (χ1) is 10.5. The summed E-state index contributed by atoms with van der Waals surface area (Å²) < 4.78 is 0. The quantitative estimate of drug-likeness (QED) is 0.796. The minimum absolute atomic E-state index is 0.0320. The fourth-order valence-corrected chi connectivity index (χ4v) is 2.69. The maximum atomic E-state index is 9.56. The van der Waals surface area contributed by atoms with Crippen LogP contribution in [0.3, 0.4) is 0 Å². The number of fused-ring (bicyclic) bond motifs is 1. The van der Waals surface area contributed by atoms with Crippen molar-refractivity contribution in [1.82, 2.24) is 0 Å². The molecule has 2 aromatic carbocycles. The molecule has 0 saturated carbocycles. The van der Waals surface area contributed by atoms with Crippen molar-refractivity contribution in [2.45, 2.75) is 26.7 Å². The van der Waals surface area contributed by atoms with Gasteiger partial charge >= 0.3 is 0 Å². The second-order valence-electron chi connectivity index (χ2n) is 5.36. The zero-order valence-electron chi connectivity index (χ0n) is 12.5. The van der Waals surface area contributed by atoms with Gasteiger partial charge in [0.1, 0.15) is 12.1 Å². The van der Waals surface area contributed by atoms with Crippen molar-refractivity contribution >= 4 is 10.8 Å². The van der Waals surface area contributed by atoms with Crippen LogP contribution in [0.25, 0.3) is 10.8 Å². The van der Waals surface area contributed by atoms with Gasteiger partial charge in [0.05, 0.1) is 34.4 Å². The van der Waals surface area contributed by atoms with E-state index in [1.54, 1.807) is 19.1 Å². The molecule has 0 atom stereocenters. The number of aryl methyl sites for hydroxylation is 1. The summed E-state index contributed by atoms with van der Waals surface area (Å²) in [5, 5.41) is 38.7. The molecule has 0 aliphatic carbocycles. The topological polar surface area (TPSA) is 95.2 Å². The summed E-state index contributed by atoms with van der Waals surface area (Å²) in [6, 6.07) is 11.7. The van der Waals surface area contributed by atoms with Crippen LogP contribution in [-0.2, 0) is 0 Å². The molecular formula is C18H12N4. The molecule has 4 heteroatoms. The van der Waals surface area contributed by atoms with Gasteiger partial charge in [0, 0.05) is 10.8 Å². The molecule has 0 N–H and O–H groups in total. The first-order valence-corrected chi connectivity index (χ1v) is 6.74. The molecule has 0 heterocycles. The third-order valence-electron chi connectivity index (χ3n) is 3.72. The van der Waals surface area contributed by atoms with Crippen molar-refractivity contribution in [3.63, 3.8) is 0 Å². The van der Waals surface area contributed by atoms with E-state index < -0.39 is 0 Å². The van der Waals surface area contributed by atoms with E-state index in [2.05, 4.69) is 24.3 Å². The highest BCUT2D eigenvalue weighted by atomic mass is 14.3. The van der Waals surface area contributed by atoms with Gasteiger partial charge < -0.3 is 0 Å². The molecule has 0 aromatic heterocycles. The van der Waals surface area contributed by atoms with E-state index in [1.165, 1.54) is 0 Å². The summed E-state index contributed by atoms with van der Waals surface area (Å²) in [5.74, 6) is 0.0320. The van der Waals surface area contributed by atoms with Crippen LogP contribution < -0.4 is 0 Å². The fourth-order valence-electron chi connectivity index (χ4n) is 2.69. The Labute approximate surface area is 129 Å². The van der Waals surface area contributed by atoms with E-state index >= 15 is 0 Å². The molecule has 0 amide bonds. The van der Waals surface area contributed by atoms with Gasteiger partial charge in [-0.05, 0) is 36.1 Å². The molecule has 0 aliphatic rings. The Balaban J connectivity index is 3.28. The zero-order valence-corrected chi connectivity index (χ0v) is 12.5. The van der Waals surface area contributed by atoms with Gasteiger partial charge in [-0.1, -0.05) is 13.8 Å². The summed E-state index contributed by atoms with van der Waals surface area (Å²) in [4.78, 5) is 0. The van der Waals surface area contributed by atoms with Crippen LogP contribution >= 0.6 is 0 Å². The predicted octanol–water partition coefficient (Wildman–Crippen LogP) is 3.76. The van der Waals surface area contributed by atoms with E-state index in [1.807, 2.05) is 13.8 Å². The molecule has 0 spiro atoms. The SMILES string of the molecule is Cc1cc(C#N)c2c(C#N)c(C(C)C)cc(C#N)c2c1C#N. The lowest BCUT2D eigenvalue weighted by Crippen LogP contribution is -2.01.